The predicted octanol–water partition coefficient (Wildman–Crippen LogP) is 2.01. The molecule has 0 saturated carbocycles. The number of aromatic hydroxyl groups is 1. The summed E-state index contributed by atoms with van der Waals surface area (Å²) in [6.07, 6.45) is 4.96. The largest absolute Gasteiger partial charge is 0.508 e. The van der Waals surface area contributed by atoms with Gasteiger partial charge in [0.1, 0.15) is 5.75 Å². The van der Waals surface area contributed by atoms with E-state index in [0.29, 0.717) is 5.69 Å². The van der Waals surface area contributed by atoms with Crippen molar-refractivity contribution in [2.45, 2.75) is 6.42 Å². The average Bonchev–Trinajstić information content (AvgIpc) is 2.10. The van der Waals surface area contributed by atoms with E-state index in [1.165, 1.54) is 18.2 Å². The number of phenolic OH excluding ortho intramolecular Hbond substituents is 1. The zero-order valence-electron chi connectivity index (χ0n) is 7.25. The second-order valence-corrected chi connectivity index (χ2v) is 3.00. The van der Waals surface area contributed by atoms with Crippen LogP contribution in [0, 0.1) is 12.3 Å². The van der Waals surface area contributed by atoms with Gasteiger partial charge in [-0.1, -0.05) is 17.5 Å². The highest BCUT2D eigenvalue weighted by Crippen LogP contribution is 2.25. The van der Waals surface area contributed by atoms with Crippen molar-refractivity contribution >= 4 is 23.2 Å². The number of hydrogen-bond donors (Lipinski definition) is 2. The van der Waals surface area contributed by atoms with E-state index in [9.17, 15) is 4.79 Å². The standard InChI is InChI=1S/C10H8ClNO2/c1-2-3-10(14)12-9-5-4-7(13)6-8(9)11/h1,4-6,13H,3H2,(H,12,14). The number of benzene rings is 1. The summed E-state index contributed by atoms with van der Waals surface area (Å²) in [5.74, 6) is 1.95. The Balaban J connectivity index is 2.78. The van der Waals surface area contributed by atoms with Gasteiger partial charge in [-0.05, 0) is 12.1 Å². The first-order valence-electron chi connectivity index (χ1n) is 3.85. The molecular weight excluding hydrogens is 202 g/mol. The summed E-state index contributed by atoms with van der Waals surface area (Å²) < 4.78 is 0. The summed E-state index contributed by atoms with van der Waals surface area (Å²) in [4.78, 5) is 11.1. The molecular formula is C10H8ClNO2. The molecule has 0 aliphatic heterocycles. The summed E-state index contributed by atoms with van der Waals surface area (Å²) in [7, 11) is 0. The van der Waals surface area contributed by atoms with Crippen molar-refractivity contribution in [2.75, 3.05) is 5.32 Å². The van der Waals surface area contributed by atoms with Crippen LogP contribution in [0.1, 0.15) is 6.42 Å². The molecule has 1 rings (SSSR count). The number of nitrogens with one attached hydrogen (secondary N) is 1. The third kappa shape index (κ3) is 2.68. The molecule has 0 aromatic heterocycles. The molecule has 0 unspecified atom stereocenters. The lowest BCUT2D eigenvalue weighted by atomic mass is 10.3. The van der Waals surface area contributed by atoms with E-state index < -0.39 is 0 Å². The van der Waals surface area contributed by atoms with E-state index in [1.807, 2.05) is 0 Å². The van der Waals surface area contributed by atoms with Crippen molar-refractivity contribution in [3.05, 3.63) is 23.2 Å². The van der Waals surface area contributed by atoms with Gasteiger partial charge in [0.2, 0.25) is 5.91 Å². The average molecular weight is 210 g/mol. The molecule has 1 aromatic carbocycles. The smallest absolute Gasteiger partial charge is 0.236 e. The third-order valence-electron chi connectivity index (χ3n) is 1.49. The minimum Gasteiger partial charge on any atom is -0.508 e. The van der Waals surface area contributed by atoms with E-state index in [4.69, 9.17) is 23.1 Å². The summed E-state index contributed by atoms with van der Waals surface area (Å²) in [6, 6.07) is 4.27. The van der Waals surface area contributed by atoms with Gasteiger partial charge in [-0.15, -0.1) is 6.42 Å². The monoisotopic (exact) mass is 209 g/mol. The van der Waals surface area contributed by atoms with Gasteiger partial charge in [-0.25, -0.2) is 0 Å². The van der Waals surface area contributed by atoms with E-state index in [-0.39, 0.29) is 23.1 Å². The Hall–Kier alpha value is -1.66. The number of halogens is 1. The number of anilines is 1. The third-order valence-corrected chi connectivity index (χ3v) is 1.80. The first-order valence-corrected chi connectivity index (χ1v) is 4.23. The molecule has 0 aliphatic rings. The molecule has 4 heteroatoms. The molecule has 2 N–H and O–H groups in total. The van der Waals surface area contributed by atoms with Crippen molar-refractivity contribution in [3.63, 3.8) is 0 Å². The van der Waals surface area contributed by atoms with Crippen LogP contribution < -0.4 is 5.32 Å². The van der Waals surface area contributed by atoms with Gasteiger partial charge in [-0.2, -0.15) is 0 Å². The van der Waals surface area contributed by atoms with Crippen molar-refractivity contribution in [3.8, 4) is 18.1 Å². The lowest BCUT2D eigenvalue weighted by Gasteiger charge is -2.05. The van der Waals surface area contributed by atoms with Crippen LogP contribution in [0.2, 0.25) is 5.02 Å². The minimum absolute atomic E-state index is 0.00277. The summed E-state index contributed by atoms with van der Waals surface area (Å²) in [5.41, 5.74) is 0.435. The Bertz CT molecular complexity index is 396. The van der Waals surface area contributed by atoms with Crippen molar-refractivity contribution < 1.29 is 9.90 Å². The zero-order chi connectivity index (χ0) is 10.6. The maximum atomic E-state index is 11.1. The number of carbonyl (C=O) groups is 1. The summed E-state index contributed by atoms with van der Waals surface area (Å²) in [6.45, 7) is 0. The van der Waals surface area contributed by atoms with Crippen LogP contribution in [0.3, 0.4) is 0 Å². The van der Waals surface area contributed by atoms with Crippen LogP contribution in [-0.4, -0.2) is 11.0 Å². The number of hydrogen-bond acceptors (Lipinski definition) is 2. The lowest BCUT2D eigenvalue weighted by Crippen LogP contribution is -2.10. The van der Waals surface area contributed by atoms with E-state index in [1.54, 1.807) is 0 Å². The van der Waals surface area contributed by atoms with E-state index in [0.717, 1.165) is 0 Å². The first-order chi connectivity index (χ1) is 6.63. The topological polar surface area (TPSA) is 49.3 Å². The fourth-order valence-electron chi connectivity index (χ4n) is 0.892. The number of amides is 1. The van der Waals surface area contributed by atoms with Gasteiger partial charge in [0.05, 0.1) is 17.1 Å². The Labute approximate surface area is 86.7 Å². The van der Waals surface area contributed by atoms with Crippen LogP contribution in [0.4, 0.5) is 5.69 Å². The highest BCUT2D eigenvalue weighted by molar-refractivity contribution is 6.33. The molecule has 1 aromatic rings. The Morgan fingerprint density at radius 3 is 2.93 bits per heavy atom. The van der Waals surface area contributed by atoms with Crippen molar-refractivity contribution in [2.24, 2.45) is 0 Å². The number of carbonyl (C=O) groups excluding carboxylic acids is 1. The van der Waals surface area contributed by atoms with Gasteiger partial charge in [0, 0.05) is 6.07 Å². The first kappa shape index (κ1) is 10.4. The highest BCUT2D eigenvalue weighted by Gasteiger charge is 2.04. The molecule has 0 bridgehead atoms. The number of phenols is 1. The van der Waals surface area contributed by atoms with Gasteiger partial charge in [0.25, 0.3) is 0 Å². The van der Waals surface area contributed by atoms with Crippen molar-refractivity contribution in [1.29, 1.82) is 0 Å². The van der Waals surface area contributed by atoms with Gasteiger partial charge >= 0.3 is 0 Å². The van der Waals surface area contributed by atoms with Gasteiger partial charge in [-0.3, -0.25) is 4.79 Å². The van der Waals surface area contributed by atoms with Gasteiger partial charge in [0.15, 0.2) is 0 Å². The molecule has 3 nitrogen and oxygen atoms in total. The Kier molecular flexibility index (Phi) is 3.38. The molecule has 0 fully saturated rings. The second kappa shape index (κ2) is 4.54. The van der Waals surface area contributed by atoms with Crippen LogP contribution in [0.25, 0.3) is 0 Å². The lowest BCUT2D eigenvalue weighted by molar-refractivity contribution is -0.115. The maximum absolute atomic E-state index is 11.1. The molecule has 72 valence electrons. The number of rotatable bonds is 2. The highest BCUT2D eigenvalue weighted by atomic mass is 35.5. The van der Waals surface area contributed by atoms with E-state index >= 15 is 0 Å². The Morgan fingerprint density at radius 1 is 1.64 bits per heavy atom. The summed E-state index contributed by atoms with van der Waals surface area (Å²) in [5, 5.41) is 11.8. The molecule has 0 aliphatic carbocycles. The van der Waals surface area contributed by atoms with Gasteiger partial charge < -0.3 is 10.4 Å². The SMILES string of the molecule is C#CCC(=O)Nc1ccc(O)cc1Cl. The van der Waals surface area contributed by atoms with Crippen LogP contribution in [-0.2, 0) is 4.79 Å². The molecule has 0 saturated heterocycles. The fourth-order valence-corrected chi connectivity index (χ4v) is 1.11. The fraction of sp³-hybridized carbons (Fsp3) is 0.100. The second-order valence-electron chi connectivity index (χ2n) is 2.59. The normalized spacial score (nSPS) is 9.14. The minimum atomic E-state index is -0.305. The van der Waals surface area contributed by atoms with Crippen LogP contribution in [0.5, 0.6) is 5.75 Å². The molecule has 0 heterocycles. The summed E-state index contributed by atoms with van der Waals surface area (Å²) >= 11 is 5.75. The van der Waals surface area contributed by atoms with Crippen molar-refractivity contribution in [1.82, 2.24) is 0 Å². The number of terminal acetylenes is 1. The molecule has 0 spiro atoms. The van der Waals surface area contributed by atoms with Crippen LogP contribution in [0.15, 0.2) is 18.2 Å². The zero-order valence-corrected chi connectivity index (χ0v) is 8.01. The molecule has 14 heavy (non-hydrogen) atoms. The van der Waals surface area contributed by atoms with Crippen LogP contribution >= 0.6 is 11.6 Å². The van der Waals surface area contributed by atoms with E-state index in [2.05, 4.69) is 11.2 Å². The Morgan fingerprint density at radius 2 is 2.36 bits per heavy atom. The quantitative estimate of drug-likeness (QED) is 0.578. The molecule has 0 radical (unpaired) electrons. The molecule has 0 atom stereocenters. The maximum Gasteiger partial charge on any atom is 0.236 e. The molecule has 1 amide bonds. The predicted molar refractivity (Wildman–Crippen MR) is 55.2 cm³/mol.